The van der Waals surface area contributed by atoms with Gasteiger partial charge in [-0.3, -0.25) is 9.59 Å². The van der Waals surface area contributed by atoms with E-state index in [4.69, 9.17) is 15.1 Å². The molecule has 0 radical (unpaired) electrons. The second-order valence-electron chi connectivity index (χ2n) is 9.08. The summed E-state index contributed by atoms with van der Waals surface area (Å²) in [5, 5.41) is 12.0. The molecule has 1 aromatic heterocycles. The van der Waals surface area contributed by atoms with Crippen LogP contribution in [0.2, 0.25) is 0 Å². The van der Waals surface area contributed by atoms with Crippen molar-refractivity contribution in [2.24, 2.45) is 5.92 Å². The lowest BCUT2D eigenvalue weighted by molar-refractivity contribution is -0.138. The highest BCUT2D eigenvalue weighted by Gasteiger charge is 2.17. The zero-order chi connectivity index (χ0) is 25.7. The summed E-state index contributed by atoms with van der Waals surface area (Å²) in [5.74, 6) is -1.41. The van der Waals surface area contributed by atoms with E-state index in [9.17, 15) is 14.0 Å². The Kier molecular flexibility index (Phi) is 7.68. The highest BCUT2D eigenvalue weighted by atomic mass is 19.1. The van der Waals surface area contributed by atoms with Gasteiger partial charge in [0.15, 0.2) is 0 Å². The second-order valence-corrected chi connectivity index (χ2v) is 9.08. The molecule has 3 aromatic carbocycles. The number of nitrogens with one attached hydrogen (secondary N) is 1. The van der Waals surface area contributed by atoms with Crippen LogP contribution in [-0.4, -0.2) is 27.0 Å². The van der Waals surface area contributed by atoms with E-state index >= 15 is 0 Å². The van der Waals surface area contributed by atoms with Crippen molar-refractivity contribution < 1.29 is 19.1 Å². The number of amides is 1. The van der Waals surface area contributed by atoms with Crippen LogP contribution in [0.25, 0.3) is 22.3 Å². The fraction of sp³-hybridized carbons (Fsp3) is 0.241. The number of carbonyl (C=O) groups excluding carboxylic acids is 1. The van der Waals surface area contributed by atoms with Crippen molar-refractivity contribution in [2.75, 3.05) is 0 Å². The number of benzene rings is 3. The molecular formula is C29H28FN3O3. The first kappa shape index (κ1) is 25.0. The topological polar surface area (TPSA) is 92.2 Å². The number of fused-ring (bicyclic) bond motifs is 1. The number of nitrogens with zero attached hydrogens (tertiary/aromatic N) is 2. The first-order valence-electron chi connectivity index (χ1n) is 11.9. The summed E-state index contributed by atoms with van der Waals surface area (Å²) in [6.45, 7) is 3.75. The summed E-state index contributed by atoms with van der Waals surface area (Å²) in [4.78, 5) is 33.7. The minimum absolute atomic E-state index is 0.00585. The van der Waals surface area contributed by atoms with E-state index < -0.39 is 5.97 Å². The van der Waals surface area contributed by atoms with Gasteiger partial charge in [0.05, 0.1) is 28.5 Å². The number of carbonyl (C=O) groups is 2. The summed E-state index contributed by atoms with van der Waals surface area (Å²) in [7, 11) is 0. The van der Waals surface area contributed by atoms with E-state index in [0.717, 1.165) is 22.5 Å². The average Bonchev–Trinajstić information content (AvgIpc) is 2.87. The molecule has 184 valence electrons. The number of carboxylic acids is 1. The van der Waals surface area contributed by atoms with Crippen molar-refractivity contribution in [3.05, 3.63) is 95.4 Å². The SMILES string of the molecule is C[C@H](CCc1nc2cc(C(=O)N[C@H](C)c3ccc(F)cc3)ccc2nc1-c1ccccc1)CC(=O)O. The molecule has 2 N–H and O–H groups in total. The van der Waals surface area contributed by atoms with E-state index in [1.165, 1.54) is 12.1 Å². The molecule has 1 amide bonds. The van der Waals surface area contributed by atoms with Gasteiger partial charge in [0.25, 0.3) is 5.91 Å². The maximum absolute atomic E-state index is 13.2. The van der Waals surface area contributed by atoms with Gasteiger partial charge in [-0.2, -0.15) is 0 Å². The molecule has 0 saturated heterocycles. The molecule has 0 spiro atoms. The van der Waals surface area contributed by atoms with Crippen LogP contribution in [-0.2, 0) is 11.2 Å². The molecule has 0 fully saturated rings. The van der Waals surface area contributed by atoms with Crippen molar-refractivity contribution >= 4 is 22.9 Å². The molecule has 0 aliphatic heterocycles. The third-order valence-electron chi connectivity index (χ3n) is 6.16. The Morgan fingerprint density at radius 1 is 0.944 bits per heavy atom. The maximum atomic E-state index is 13.2. The van der Waals surface area contributed by atoms with Gasteiger partial charge in [0.2, 0.25) is 0 Å². The minimum Gasteiger partial charge on any atom is -0.481 e. The second kappa shape index (κ2) is 11.1. The average molecular weight is 486 g/mol. The van der Waals surface area contributed by atoms with E-state index in [2.05, 4.69) is 5.32 Å². The van der Waals surface area contributed by atoms with Crippen LogP contribution in [0.4, 0.5) is 4.39 Å². The van der Waals surface area contributed by atoms with E-state index in [0.29, 0.717) is 29.4 Å². The maximum Gasteiger partial charge on any atom is 0.303 e. The molecule has 0 aliphatic rings. The standard InChI is InChI=1S/C29H28FN3O3/c1-18(16-27(34)35)8-14-25-28(21-6-4-3-5-7-21)33-24-15-11-22(17-26(24)32-25)29(36)31-19(2)20-9-12-23(30)13-10-20/h3-7,9-13,15,17-19H,8,14,16H2,1-2H3,(H,31,36)(H,34,35)/t18-,19-/m1/s1. The van der Waals surface area contributed by atoms with Crippen molar-refractivity contribution in [3.8, 4) is 11.3 Å². The number of rotatable bonds is 9. The molecule has 0 saturated carbocycles. The summed E-state index contributed by atoms with van der Waals surface area (Å²) >= 11 is 0. The van der Waals surface area contributed by atoms with Crippen molar-refractivity contribution in [1.82, 2.24) is 15.3 Å². The number of halogens is 1. The fourth-order valence-electron chi connectivity index (χ4n) is 4.13. The molecule has 7 heteroatoms. The van der Waals surface area contributed by atoms with Gasteiger partial charge in [0.1, 0.15) is 5.82 Å². The van der Waals surface area contributed by atoms with Gasteiger partial charge >= 0.3 is 5.97 Å². The van der Waals surface area contributed by atoms with Crippen LogP contribution in [0.5, 0.6) is 0 Å². The molecule has 36 heavy (non-hydrogen) atoms. The molecule has 4 rings (SSSR count). The van der Waals surface area contributed by atoms with E-state index in [-0.39, 0.29) is 30.1 Å². The Bertz CT molecular complexity index is 1370. The van der Waals surface area contributed by atoms with Gasteiger partial charge in [-0.1, -0.05) is 49.4 Å². The number of aliphatic carboxylic acids is 1. The Morgan fingerprint density at radius 2 is 1.67 bits per heavy atom. The van der Waals surface area contributed by atoms with Crippen LogP contribution in [0.1, 0.15) is 54.3 Å². The third-order valence-corrected chi connectivity index (χ3v) is 6.16. The number of aryl methyl sites for hydroxylation is 1. The highest BCUT2D eigenvalue weighted by molar-refractivity contribution is 5.97. The first-order chi connectivity index (χ1) is 17.3. The van der Waals surface area contributed by atoms with Gasteiger partial charge in [-0.25, -0.2) is 14.4 Å². The summed E-state index contributed by atoms with van der Waals surface area (Å²) < 4.78 is 13.2. The largest absolute Gasteiger partial charge is 0.481 e. The van der Waals surface area contributed by atoms with Crippen LogP contribution >= 0.6 is 0 Å². The van der Waals surface area contributed by atoms with Crippen molar-refractivity contribution in [1.29, 1.82) is 0 Å². The Balaban J connectivity index is 1.62. The first-order valence-corrected chi connectivity index (χ1v) is 11.9. The van der Waals surface area contributed by atoms with E-state index in [1.54, 1.807) is 30.3 Å². The number of carboxylic acid groups (broad SMARTS) is 1. The lowest BCUT2D eigenvalue weighted by Gasteiger charge is -2.15. The smallest absolute Gasteiger partial charge is 0.303 e. The van der Waals surface area contributed by atoms with Gasteiger partial charge in [-0.05, 0) is 61.6 Å². The summed E-state index contributed by atoms with van der Waals surface area (Å²) in [6, 6.07) is 20.7. The molecule has 6 nitrogen and oxygen atoms in total. The van der Waals surface area contributed by atoms with Crippen molar-refractivity contribution in [3.63, 3.8) is 0 Å². The van der Waals surface area contributed by atoms with Crippen LogP contribution in [0, 0.1) is 11.7 Å². The lowest BCUT2D eigenvalue weighted by atomic mass is 9.98. The van der Waals surface area contributed by atoms with Crippen LogP contribution < -0.4 is 5.32 Å². The highest BCUT2D eigenvalue weighted by Crippen LogP contribution is 2.26. The quantitative estimate of drug-likeness (QED) is 0.305. The Hall–Kier alpha value is -4.13. The predicted octanol–water partition coefficient (Wildman–Crippen LogP) is 5.97. The van der Waals surface area contributed by atoms with Crippen LogP contribution in [0.15, 0.2) is 72.8 Å². The number of hydrogen-bond acceptors (Lipinski definition) is 4. The number of hydrogen-bond donors (Lipinski definition) is 2. The number of aromatic nitrogens is 2. The zero-order valence-corrected chi connectivity index (χ0v) is 20.2. The van der Waals surface area contributed by atoms with Gasteiger partial charge < -0.3 is 10.4 Å². The van der Waals surface area contributed by atoms with Gasteiger partial charge in [0, 0.05) is 17.5 Å². The summed E-state index contributed by atoms with van der Waals surface area (Å²) in [6.07, 6.45) is 1.32. The Labute approximate surface area is 209 Å². The normalized spacial score (nSPS) is 12.8. The fourth-order valence-corrected chi connectivity index (χ4v) is 4.13. The monoisotopic (exact) mass is 485 g/mol. The molecule has 0 unspecified atom stereocenters. The molecular weight excluding hydrogens is 457 g/mol. The molecule has 0 bridgehead atoms. The lowest BCUT2D eigenvalue weighted by Crippen LogP contribution is -2.26. The molecule has 1 heterocycles. The molecule has 2 atom stereocenters. The van der Waals surface area contributed by atoms with Crippen LogP contribution in [0.3, 0.4) is 0 Å². The Morgan fingerprint density at radius 3 is 2.36 bits per heavy atom. The van der Waals surface area contributed by atoms with Gasteiger partial charge in [-0.15, -0.1) is 0 Å². The summed E-state index contributed by atoms with van der Waals surface area (Å²) in [5.41, 5.74) is 4.97. The minimum atomic E-state index is -0.819. The van der Waals surface area contributed by atoms with E-state index in [1.807, 2.05) is 44.2 Å². The molecule has 4 aromatic rings. The zero-order valence-electron chi connectivity index (χ0n) is 20.2. The third kappa shape index (κ3) is 6.10. The molecule has 0 aliphatic carbocycles. The van der Waals surface area contributed by atoms with Crippen molar-refractivity contribution in [2.45, 2.75) is 39.2 Å². The predicted molar refractivity (Wildman–Crippen MR) is 137 cm³/mol.